The van der Waals surface area contributed by atoms with Crippen LogP contribution in [0.5, 0.6) is 0 Å². The minimum Gasteiger partial charge on any atom is -0.462 e. The Labute approximate surface area is 484 Å². The van der Waals surface area contributed by atoms with Crippen molar-refractivity contribution in [1.29, 1.82) is 0 Å². The van der Waals surface area contributed by atoms with Gasteiger partial charge in [-0.1, -0.05) is 318 Å². The van der Waals surface area contributed by atoms with Crippen LogP contribution in [-0.2, 0) is 28.6 Å². The maximum absolute atomic E-state index is 12.9. The number of carbonyl (C=O) groups excluding carboxylic acids is 3. The molecule has 1 atom stereocenters. The summed E-state index contributed by atoms with van der Waals surface area (Å²) < 4.78 is 17.0. The fourth-order valence-corrected chi connectivity index (χ4v) is 9.95. The molecule has 78 heavy (non-hydrogen) atoms. The number of rotatable bonds is 62. The maximum atomic E-state index is 12.9. The van der Waals surface area contributed by atoms with Gasteiger partial charge < -0.3 is 14.2 Å². The summed E-state index contributed by atoms with van der Waals surface area (Å²) in [5.74, 6) is -0.881. The summed E-state index contributed by atoms with van der Waals surface area (Å²) >= 11 is 0. The highest BCUT2D eigenvalue weighted by molar-refractivity contribution is 5.71. The lowest BCUT2D eigenvalue weighted by atomic mass is 10.0. The smallest absolute Gasteiger partial charge is 0.306 e. The quantitative estimate of drug-likeness (QED) is 0.0261. The molecule has 0 aromatic carbocycles. The Bertz CT molecular complexity index is 1440. The van der Waals surface area contributed by atoms with E-state index in [4.69, 9.17) is 14.2 Å². The SMILES string of the molecule is CC/C=C\C/C=C\C/C=C\CCCCCCCCCC(=O)OCC(COC(=O)CCCCCCCCCCCCCCCCCCCCCCCCCCCC)OC(=O)CCCCCCCCC/C=C\C/C=C\C/C=C\CC. The summed E-state index contributed by atoms with van der Waals surface area (Å²) in [5, 5.41) is 0. The van der Waals surface area contributed by atoms with Crippen molar-refractivity contribution in [2.75, 3.05) is 13.2 Å². The van der Waals surface area contributed by atoms with E-state index in [1.165, 1.54) is 199 Å². The molecule has 0 aromatic heterocycles. The third kappa shape index (κ3) is 63.7. The molecule has 6 nitrogen and oxygen atoms in total. The van der Waals surface area contributed by atoms with E-state index >= 15 is 0 Å². The first-order valence-corrected chi connectivity index (χ1v) is 33.9. The molecule has 0 saturated heterocycles. The van der Waals surface area contributed by atoms with Gasteiger partial charge >= 0.3 is 17.9 Å². The standard InChI is InChI=1S/C72H128O6/c1-4-7-10-13-16-19-22-25-28-31-32-33-34-35-36-37-38-39-42-44-47-50-53-56-59-62-65-71(74)77-68-69(78-72(75)66-63-60-57-54-51-48-45-41-30-27-24-21-18-15-12-9-6-3)67-76-70(73)64-61-58-55-52-49-46-43-40-29-26-23-20-17-14-11-8-5-2/h8-9,11-12,17-18,20-21,26-27,29-30,69H,4-7,10,13-16,19,22-25,28,31-68H2,1-3H3/b11-8-,12-9-,20-17-,21-18-,29-26-,30-27-. The van der Waals surface area contributed by atoms with Crippen molar-refractivity contribution in [3.05, 3.63) is 72.9 Å². The van der Waals surface area contributed by atoms with Gasteiger partial charge in [-0.15, -0.1) is 0 Å². The minimum absolute atomic E-state index is 0.0797. The Morgan fingerprint density at radius 2 is 0.500 bits per heavy atom. The second-order valence-corrected chi connectivity index (χ2v) is 22.7. The summed E-state index contributed by atoms with van der Waals surface area (Å²) in [6.45, 7) is 6.46. The molecule has 0 saturated carbocycles. The zero-order valence-electron chi connectivity index (χ0n) is 51.9. The first-order valence-electron chi connectivity index (χ1n) is 33.9. The van der Waals surface area contributed by atoms with E-state index < -0.39 is 6.10 Å². The van der Waals surface area contributed by atoms with Gasteiger partial charge in [0.25, 0.3) is 0 Å². The van der Waals surface area contributed by atoms with Gasteiger partial charge in [0.05, 0.1) is 0 Å². The van der Waals surface area contributed by atoms with Crippen LogP contribution in [0.2, 0.25) is 0 Å². The van der Waals surface area contributed by atoms with Gasteiger partial charge in [-0.2, -0.15) is 0 Å². The lowest BCUT2D eigenvalue weighted by Crippen LogP contribution is -2.30. The monoisotopic (exact) mass is 1090 g/mol. The van der Waals surface area contributed by atoms with Gasteiger partial charge in [-0.3, -0.25) is 14.4 Å². The van der Waals surface area contributed by atoms with Crippen LogP contribution in [0, 0.1) is 0 Å². The number of hydrogen-bond donors (Lipinski definition) is 0. The van der Waals surface area contributed by atoms with Gasteiger partial charge in [0, 0.05) is 19.3 Å². The average molecular weight is 1090 g/mol. The van der Waals surface area contributed by atoms with Crippen molar-refractivity contribution in [2.24, 2.45) is 0 Å². The van der Waals surface area contributed by atoms with Crippen molar-refractivity contribution in [2.45, 2.75) is 354 Å². The Hall–Kier alpha value is -3.15. The predicted octanol–water partition coefficient (Wildman–Crippen LogP) is 23.3. The summed E-state index contributed by atoms with van der Waals surface area (Å²) in [6.07, 6.45) is 86.4. The van der Waals surface area contributed by atoms with E-state index in [0.29, 0.717) is 19.3 Å². The molecule has 0 aromatic rings. The molecule has 1 unspecified atom stereocenters. The first-order chi connectivity index (χ1) is 38.5. The van der Waals surface area contributed by atoms with Gasteiger partial charge in [-0.25, -0.2) is 0 Å². The zero-order valence-corrected chi connectivity index (χ0v) is 51.9. The number of allylic oxidation sites excluding steroid dienone is 12. The summed E-state index contributed by atoms with van der Waals surface area (Å²) in [5.41, 5.74) is 0. The van der Waals surface area contributed by atoms with Crippen molar-refractivity contribution in [3.63, 3.8) is 0 Å². The summed E-state index contributed by atoms with van der Waals surface area (Å²) in [7, 11) is 0. The van der Waals surface area contributed by atoms with E-state index in [2.05, 4.69) is 93.7 Å². The van der Waals surface area contributed by atoms with Crippen LogP contribution in [0.25, 0.3) is 0 Å². The lowest BCUT2D eigenvalue weighted by Gasteiger charge is -2.18. The molecule has 0 bridgehead atoms. The highest BCUT2D eigenvalue weighted by atomic mass is 16.6. The molecule has 452 valence electrons. The van der Waals surface area contributed by atoms with Crippen LogP contribution in [0.3, 0.4) is 0 Å². The van der Waals surface area contributed by atoms with E-state index in [1.807, 2.05) is 0 Å². The second-order valence-electron chi connectivity index (χ2n) is 22.7. The third-order valence-electron chi connectivity index (χ3n) is 15.0. The molecule has 0 amide bonds. The molecule has 0 radical (unpaired) electrons. The van der Waals surface area contributed by atoms with E-state index in [-0.39, 0.29) is 31.1 Å². The molecule has 0 aliphatic heterocycles. The van der Waals surface area contributed by atoms with Gasteiger partial charge in [0.1, 0.15) is 13.2 Å². The molecule has 6 heteroatoms. The second kappa shape index (κ2) is 66.4. The predicted molar refractivity (Wildman–Crippen MR) is 339 cm³/mol. The molecular weight excluding hydrogens is 961 g/mol. The number of unbranched alkanes of at least 4 members (excludes halogenated alkanes) is 39. The van der Waals surface area contributed by atoms with Crippen LogP contribution in [0.4, 0.5) is 0 Å². The van der Waals surface area contributed by atoms with Crippen LogP contribution in [0.15, 0.2) is 72.9 Å². The topological polar surface area (TPSA) is 78.9 Å². The minimum atomic E-state index is -0.786. The van der Waals surface area contributed by atoms with Crippen LogP contribution in [0.1, 0.15) is 348 Å². The molecule has 0 heterocycles. The summed E-state index contributed by atoms with van der Waals surface area (Å²) in [6, 6.07) is 0. The van der Waals surface area contributed by atoms with Gasteiger partial charge in [0.2, 0.25) is 0 Å². The highest BCUT2D eigenvalue weighted by Crippen LogP contribution is 2.18. The molecular formula is C72H128O6. The van der Waals surface area contributed by atoms with E-state index in [0.717, 1.165) is 109 Å². The lowest BCUT2D eigenvalue weighted by molar-refractivity contribution is -0.167. The van der Waals surface area contributed by atoms with E-state index in [1.54, 1.807) is 0 Å². The van der Waals surface area contributed by atoms with Crippen molar-refractivity contribution in [3.8, 4) is 0 Å². The maximum Gasteiger partial charge on any atom is 0.306 e. The summed E-state index contributed by atoms with van der Waals surface area (Å²) in [4.78, 5) is 38.4. The Morgan fingerprint density at radius 3 is 0.782 bits per heavy atom. The average Bonchev–Trinajstić information content (AvgIpc) is 3.44. The third-order valence-corrected chi connectivity index (χ3v) is 15.0. The van der Waals surface area contributed by atoms with Gasteiger partial charge in [0.15, 0.2) is 6.10 Å². The Balaban J connectivity index is 4.28. The van der Waals surface area contributed by atoms with Crippen LogP contribution >= 0.6 is 0 Å². The van der Waals surface area contributed by atoms with Crippen LogP contribution in [-0.4, -0.2) is 37.2 Å². The molecule has 0 aliphatic rings. The highest BCUT2D eigenvalue weighted by Gasteiger charge is 2.19. The zero-order chi connectivity index (χ0) is 56.4. The number of hydrogen-bond acceptors (Lipinski definition) is 6. The molecule has 0 fully saturated rings. The molecule has 0 aliphatic carbocycles. The van der Waals surface area contributed by atoms with Crippen molar-refractivity contribution < 1.29 is 28.6 Å². The first kappa shape index (κ1) is 74.8. The number of esters is 3. The molecule has 0 rings (SSSR count). The normalized spacial score (nSPS) is 12.5. The van der Waals surface area contributed by atoms with Crippen molar-refractivity contribution >= 4 is 17.9 Å². The number of carbonyl (C=O) groups is 3. The van der Waals surface area contributed by atoms with Crippen LogP contribution < -0.4 is 0 Å². The van der Waals surface area contributed by atoms with Gasteiger partial charge in [-0.05, 0) is 83.5 Å². The fraction of sp³-hybridized carbons (Fsp3) is 0.792. The molecule has 0 spiro atoms. The van der Waals surface area contributed by atoms with Crippen molar-refractivity contribution in [1.82, 2.24) is 0 Å². The Kier molecular flexibility index (Phi) is 63.7. The Morgan fingerprint density at radius 1 is 0.269 bits per heavy atom. The largest absolute Gasteiger partial charge is 0.462 e. The molecule has 0 N–H and O–H groups in total. The fourth-order valence-electron chi connectivity index (χ4n) is 9.95. The number of ether oxygens (including phenoxy) is 3. The van der Waals surface area contributed by atoms with E-state index in [9.17, 15) is 14.4 Å².